The number of benzene rings is 1. The summed E-state index contributed by atoms with van der Waals surface area (Å²) in [6, 6.07) is 8.72. The number of likely N-dealkylation sites (tertiary alicyclic amines) is 1. The summed E-state index contributed by atoms with van der Waals surface area (Å²) in [6.45, 7) is 11.3. The van der Waals surface area contributed by atoms with Crippen molar-refractivity contribution in [3.05, 3.63) is 35.4 Å². The monoisotopic (exact) mass is 246 g/mol. The van der Waals surface area contributed by atoms with Gasteiger partial charge in [0, 0.05) is 19.6 Å². The summed E-state index contributed by atoms with van der Waals surface area (Å²) in [6.07, 6.45) is 1.34. The fourth-order valence-electron chi connectivity index (χ4n) is 2.72. The molecule has 0 spiro atoms. The van der Waals surface area contributed by atoms with Gasteiger partial charge in [0.05, 0.1) is 0 Å². The normalized spacial score (nSPS) is 21.4. The van der Waals surface area contributed by atoms with Crippen LogP contribution < -0.4 is 5.73 Å². The molecule has 0 bridgehead atoms. The molecule has 2 nitrogen and oxygen atoms in total. The summed E-state index contributed by atoms with van der Waals surface area (Å²) in [5, 5.41) is 0. The van der Waals surface area contributed by atoms with Crippen LogP contribution in [0.4, 0.5) is 0 Å². The summed E-state index contributed by atoms with van der Waals surface area (Å²) >= 11 is 0. The first-order chi connectivity index (χ1) is 8.49. The lowest BCUT2D eigenvalue weighted by Crippen LogP contribution is -2.25. The van der Waals surface area contributed by atoms with Crippen molar-refractivity contribution < 1.29 is 0 Å². The van der Waals surface area contributed by atoms with E-state index in [0.29, 0.717) is 12.0 Å². The molecule has 100 valence electrons. The molecule has 2 rings (SSSR count). The third kappa shape index (κ3) is 3.33. The molecule has 1 aromatic rings. The van der Waals surface area contributed by atoms with Crippen LogP contribution in [0.25, 0.3) is 0 Å². The molecule has 2 heteroatoms. The molecule has 2 N–H and O–H groups in total. The van der Waals surface area contributed by atoms with Crippen molar-refractivity contribution in [1.29, 1.82) is 0 Å². The Kier molecular flexibility index (Phi) is 4.08. The summed E-state index contributed by atoms with van der Waals surface area (Å²) in [5.74, 6) is 0.834. The molecule has 0 radical (unpaired) electrons. The highest BCUT2D eigenvalue weighted by Crippen LogP contribution is 2.34. The molecule has 0 aromatic heterocycles. The van der Waals surface area contributed by atoms with Crippen molar-refractivity contribution in [1.82, 2.24) is 4.90 Å². The van der Waals surface area contributed by atoms with E-state index in [-0.39, 0.29) is 0 Å². The Bertz CT molecular complexity index is 375. The molecule has 0 saturated carbocycles. The minimum atomic E-state index is 0.443. The molecule has 0 aliphatic carbocycles. The SMILES string of the molecule is CC(C)(C)C1CCN(Cc2ccc(CN)cc2)C1. The van der Waals surface area contributed by atoms with E-state index in [0.717, 1.165) is 12.5 Å². The van der Waals surface area contributed by atoms with E-state index in [1.165, 1.54) is 30.6 Å². The van der Waals surface area contributed by atoms with Gasteiger partial charge in [-0.15, -0.1) is 0 Å². The predicted octanol–water partition coefficient (Wildman–Crippen LogP) is 3.01. The zero-order valence-corrected chi connectivity index (χ0v) is 11.9. The molecular formula is C16H26N2. The molecule has 1 aliphatic rings. The molecule has 1 aromatic carbocycles. The fraction of sp³-hybridized carbons (Fsp3) is 0.625. The quantitative estimate of drug-likeness (QED) is 0.888. The average molecular weight is 246 g/mol. The van der Waals surface area contributed by atoms with E-state index in [1.54, 1.807) is 0 Å². The van der Waals surface area contributed by atoms with Crippen LogP contribution in [-0.2, 0) is 13.1 Å². The fourth-order valence-corrected chi connectivity index (χ4v) is 2.72. The third-order valence-corrected chi connectivity index (χ3v) is 4.16. The number of hydrogen-bond acceptors (Lipinski definition) is 2. The number of hydrogen-bond donors (Lipinski definition) is 1. The van der Waals surface area contributed by atoms with Gasteiger partial charge in [0.2, 0.25) is 0 Å². The maximum absolute atomic E-state index is 5.62. The lowest BCUT2D eigenvalue weighted by atomic mass is 9.80. The standard InChI is InChI=1S/C16H26N2/c1-16(2,3)15-8-9-18(12-15)11-14-6-4-13(10-17)5-7-14/h4-7,15H,8-12,17H2,1-3H3. The first kappa shape index (κ1) is 13.6. The summed E-state index contributed by atoms with van der Waals surface area (Å²) in [5.41, 5.74) is 8.68. The van der Waals surface area contributed by atoms with Gasteiger partial charge in [0.1, 0.15) is 0 Å². The van der Waals surface area contributed by atoms with Gasteiger partial charge in [-0.1, -0.05) is 45.0 Å². The molecule has 1 saturated heterocycles. The molecular weight excluding hydrogens is 220 g/mol. The van der Waals surface area contributed by atoms with Gasteiger partial charge in [-0.3, -0.25) is 4.90 Å². The first-order valence-electron chi connectivity index (χ1n) is 6.99. The van der Waals surface area contributed by atoms with Gasteiger partial charge in [-0.05, 0) is 35.4 Å². The molecule has 1 atom stereocenters. The Labute approximate surface area is 111 Å². The minimum Gasteiger partial charge on any atom is -0.326 e. The minimum absolute atomic E-state index is 0.443. The van der Waals surface area contributed by atoms with Crippen molar-refractivity contribution in [3.8, 4) is 0 Å². The Morgan fingerprint density at radius 2 is 1.78 bits per heavy atom. The maximum Gasteiger partial charge on any atom is 0.0233 e. The van der Waals surface area contributed by atoms with Gasteiger partial charge in [-0.25, -0.2) is 0 Å². The van der Waals surface area contributed by atoms with Gasteiger partial charge in [0.25, 0.3) is 0 Å². The van der Waals surface area contributed by atoms with E-state index in [9.17, 15) is 0 Å². The first-order valence-corrected chi connectivity index (χ1v) is 6.99. The van der Waals surface area contributed by atoms with Crippen LogP contribution in [0.1, 0.15) is 38.3 Å². The van der Waals surface area contributed by atoms with E-state index >= 15 is 0 Å². The van der Waals surface area contributed by atoms with Crippen molar-refractivity contribution in [2.45, 2.75) is 40.3 Å². The zero-order chi connectivity index (χ0) is 13.2. The molecule has 18 heavy (non-hydrogen) atoms. The van der Waals surface area contributed by atoms with Gasteiger partial charge >= 0.3 is 0 Å². The molecule has 1 unspecified atom stereocenters. The number of nitrogens with zero attached hydrogens (tertiary/aromatic N) is 1. The van der Waals surface area contributed by atoms with Gasteiger partial charge in [-0.2, -0.15) is 0 Å². The van der Waals surface area contributed by atoms with Crippen molar-refractivity contribution in [3.63, 3.8) is 0 Å². The van der Waals surface area contributed by atoms with Crippen molar-refractivity contribution >= 4 is 0 Å². The highest BCUT2D eigenvalue weighted by atomic mass is 15.1. The maximum atomic E-state index is 5.62. The van der Waals surface area contributed by atoms with Crippen LogP contribution in [0.2, 0.25) is 0 Å². The Hall–Kier alpha value is -0.860. The summed E-state index contributed by atoms with van der Waals surface area (Å²) in [7, 11) is 0. The van der Waals surface area contributed by atoms with Gasteiger partial charge < -0.3 is 5.73 Å². The highest BCUT2D eigenvalue weighted by Gasteiger charge is 2.31. The Balaban J connectivity index is 1.91. The predicted molar refractivity (Wildman–Crippen MR) is 77.2 cm³/mol. The Morgan fingerprint density at radius 1 is 1.17 bits per heavy atom. The van der Waals surface area contributed by atoms with Crippen LogP contribution in [0.15, 0.2) is 24.3 Å². The molecule has 1 aliphatic heterocycles. The average Bonchev–Trinajstić information content (AvgIpc) is 2.78. The second-order valence-corrected chi connectivity index (χ2v) is 6.61. The lowest BCUT2D eigenvalue weighted by Gasteiger charge is -2.27. The number of rotatable bonds is 3. The lowest BCUT2D eigenvalue weighted by molar-refractivity contribution is 0.226. The second kappa shape index (κ2) is 5.41. The summed E-state index contributed by atoms with van der Waals surface area (Å²) in [4.78, 5) is 2.58. The van der Waals surface area contributed by atoms with Crippen molar-refractivity contribution in [2.75, 3.05) is 13.1 Å². The molecule has 1 fully saturated rings. The van der Waals surface area contributed by atoms with Crippen LogP contribution in [0.3, 0.4) is 0 Å². The van der Waals surface area contributed by atoms with Crippen LogP contribution in [0.5, 0.6) is 0 Å². The van der Waals surface area contributed by atoms with E-state index < -0.39 is 0 Å². The van der Waals surface area contributed by atoms with Crippen LogP contribution >= 0.6 is 0 Å². The molecule has 0 amide bonds. The van der Waals surface area contributed by atoms with Crippen LogP contribution in [0, 0.1) is 11.3 Å². The summed E-state index contributed by atoms with van der Waals surface area (Å²) < 4.78 is 0. The third-order valence-electron chi connectivity index (χ3n) is 4.16. The zero-order valence-electron chi connectivity index (χ0n) is 11.9. The van der Waals surface area contributed by atoms with Gasteiger partial charge in [0.15, 0.2) is 0 Å². The van der Waals surface area contributed by atoms with Crippen molar-refractivity contribution in [2.24, 2.45) is 17.1 Å². The topological polar surface area (TPSA) is 29.3 Å². The number of nitrogens with two attached hydrogens (primary N) is 1. The van der Waals surface area contributed by atoms with E-state index in [4.69, 9.17) is 5.73 Å². The Morgan fingerprint density at radius 3 is 2.28 bits per heavy atom. The second-order valence-electron chi connectivity index (χ2n) is 6.61. The molecule has 1 heterocycles. The van der Waals surface area contributed by atoms with E-state index in [1.807, 2.05) is 0 Å². The van der Waals surface area contributed by atoms with Crippen LogP contribution in [-0.4, -0.2) is 18.0 Å². The van der Waals surface area contributed by atoms with E-state index in [2.05, 4.69) is 49.9 Å². The highest BCUT2D eigenvalue weighted by molar-refractivity contribution is 5.22. The smallest absolute Gasteiger partial charge is 0.0233 e. The largest absolute Gasteiger partial charge is 0.326 e.